The minimum Gasteiger partial charge on any atom is -0.493 e. The first kappa shape index (κ1) is 19.4. The highest BCUT2D eigenvalue weighted by atomic mass is 16.5. The lowest BCUT2D eigenvalue weighted by molar-refractivity contribution is 0.0949. The second kappa shape index (κ2) is 7.82. The van der Waals surface area contributed by atoms with Gasteiger partial charge in [-0.3, -0.25) is 9.59 Å². The summed E-state index contributed by atoms with van der Waals surface area (Å²) in [6, 6.07) is 14.3. The van der Waals surface area contributed by atoms with Crippen LogP contribution in [0.15, 0.2) is 62.8 Å². The van der Waals surface area contributed by atoms with Crippen LogP contribution in [0, 0.1) is 0 Å². The molecule has 30 heavy (non-hydrogen) atoms. The smallest absolute Gasteiger partial charge is 0.292 e. The largest absolute Gasteiger partial charge is 0.493 e. The molecule has 0 saturated heterocycles. The Balaban J connectivity index is 1.67. The van der Waals surface area contributed by atoms with Gasteiger partial charge in [0.15, 0.2) is 22.8 Å². The number of hydrogen-bond donors (Lipinski definition) is 1. The van der Waals surface area contributed by atoms with Crippen LogP contribution in [0.4, 0.5) is 0 Å². The lowest BCUT2D eigenvalue weighted by Crippen LogP contribution is -2.28. The summed E-state index contributed by atoms with van der Waals surface area (Å²) >= 11 is 0. The number of para-hydroxylation sites is 1. The van der Waals surface area contributed by atoms with Gasteiger partial charge in [-0.2, -0.15) is 10.2 Å². The maximum atomic E-state index is 12.8. The summed E-state index contributed by atoms with van der Waals surface area (Å²) in [5, 5.41) is 10.2. The Labute approximate surface area is 171 Å². The molecule has 0 aliphatic heterocycles. The number of rotatable bonds is 5. The number of ether oxygens (including phenoxy) is 1. The summed E-state index contributed by atoms with van der Waals surface area (Å²) in [5.41, 5.74) is 3.50. The number of carbonyl (C=O) groups excluding carboxylic acids is 1. The Morgan fingerprint density at radius 3 is 2.70 bits per heavy atom. The first-order valence-corrected chi connectivity index (χ1v) is 9.45. The zero-order chi connectivity index (χ0) is 21.3. The summed E-state index contributed by atoms with van der Waals surface area (Å²) in [6.45, 7) is 3.87. The second-order valence-corrected chi connectivity index (χ2v) is 6.64. The topological polar surface area (TPSA) is 98.7 Å². The van der Waals surface area contributed by atoms with Crippen LogP contribution in [-0.4, -0.2) is 28.5 Å². The van der Waals surface area contributed by atoms with Gasteiger partial charge in [0, 0.05) is 17.3 Å². The van der Waals surface area contributed by atoms with Crippen LogP contribution in [0.25, 0.3) is 21.7 Å². The molecule has 0 unspecified atom stereocenters. The predicted octanol–water partition coefficient (Wildman–Crippen LogP) is 3.33. The molecule has 0 fully saturated rings. The highest BCUT2D eigenvalue weighted by molar-refractivity contribution is 6.06. The van der Waals surface area contributed by atoms with Crippen LogP contribution in [0.1, 0.15) is 30.1 Å². The number of aromatic nitrogens is 2. The normalized spacial score (nSPS) is 11.8. The molecule has 0 saturated carbocycles. The average Bonchev–Trinajstić information content (AvgIpc) is 3.22. The molecule has 0 atom stereocenters. The van der Waals surface area contributed by atoms with Crippen LogP contribution in [0.2, 0.25) is 0 Å². The van der Waals surface area contributed by atoms with Crippen LogP contribution in [0.5, 0.6) is 5.75 Å². The maximum Gasteiger partial charge on any atom is 0.292 e. The Morgan fingerprint density at radius 1 is 1.20 bits per heavy atom. The molecule has 0 aliphatic rings. The molecule has 2 heterocycles. The van der Waals surface area contributed by atoms with Crippen molar-refractivity contribution < 1.29 is 13.9 Å². The van der Waals surface area contributed by atoms with E-state index in [1.54, 1.807) is 45.2 Å². The summed E-state index contributed by atoms with van der Waals surface area (Å²) in [5.74, 6) is 0.612. The molecular weight excluding hydrogens is 384 g/mol. The molecule has 0 bridgehead atoms. The van der Waals surface area contributed by atoms with Crippen LogP contribution in [0.3, 0.4) is 0 Å². The van der Waals surface area contributed by atoms with Crippen LogP contribution in [-0.2, 0) is 6.54 Å². The molecule has 2 aromatic carbocycles. The number of methoxy groups -OCH3 is 1. The summed E-state index contributed by atoms with van der Waals surface area (Å²) < 4.78 is 12.4. The highest BCUT2D eigenvalue weighted by Crippen LogP contribution is 2.28. The molecule has 8 heteroatoms. The van der Waals surface area contributed by atoms with Crippen molar-refractivity contribution in [3.8, 4) is 5.75 Å². The van der Waals surface area contributed by atoms with E-state index < -0.39 is 5.91 Å². The van der Waals surface area contributed by atoms with Crippen molar-refractivity contribution in [3.63, 3.8) is 0 Å². The van der Waals surface area contributed by atoms with E-state index in [0.717, 1.165) is 5.39 Å². The standard InChI is InChI=1S/C22H20N4O4/c1-4-26-22(28)16-10-6-5-9-15(16)19(25-26)21(27)24-23-13(2)18-12-14-8-7-11-17(29-3)20(14)30-18/h5-12H,4H2,1-3H3,(H,24,27)/b23-13-. The van der Waals surface area contributed by atoms with E-state index in [1.165, 1.54) is 4.68 Å². The number of amides is 1. The number of hydrazone groups is 1. The molecule has 2 aromatic heterocycles. The van der Waals surface area contributed by atoms with Gasteiger partial charge in [0.2, 0.25) is 0 Å². The Bertz CT molecular complexity index is 1350. The third kappa shape index (κ3) is 3.32. The van der Waals surface area contributed by atoms with Gasteiger partial charge < -0.3 is 9.15 Å². The van der Waals surface area contributed by atoms with E-state index >= 15 is 0 Å². The number of aryl methyl sites for hydroxylation is 1. The lowest BCUT2D eigenvalue weighted by Gasteiger charge is -2.08. The first-order chi connectivity index (χ1) is 14.5. The van der Waals surface area contributed by atoms with E-state index in [1.807, 2.05) is 24.3 Å². The Morgan fingerprint density at radius 2 is 1.97 bits per heavy atom. The molecule has 152 valence electrons. The first-order valence-electron chi connectivity index (χ1n) is 9.45. The minimum absolute atomic E-state index is 0.134. The Hall–Kier alpha value is -3.94. The predicted molar refractivity (Wildman–Crippen MR) is 114 cm³/mol. The number of fused-ring (bicyclic) bond motifs is 2. The number of nitrogens with zero attached hydrogens (tertiary/aromatic N) is 3. The Kier molecular flexibility index (Phi) is 5.05. The van der Waals surface area contributed by atoms with Crippen molar-refractivity contribution in [1.29, 1.82) is 0 Å². The molecule has 4 aromatic rings. The average molecular weight is 404 g/mol. The SMILES string of the molecule is CCn1nc(C(=O)N/N=C(/C)c2cc3cccc(OC)c3o2)c2ccccc2c1=O. The molecule has 1 amide bonds. The number of benzene rings is 2. The van der Waals surface area contributed by atoms with Crippen molar-refractivity contribution in [2.75, 3.05) is 7.11 Å². The van der Waals surface area contributed by atoms with Crippen molar-refractivity contribution in [3.05, 3.63) is 70.3 Å². The zero-order valence-electron chi connectivity index (χ0n) is 16.8. The summed E-state index contributed by atoms with van der Waals surface area (Å²) in [7, 11) is 1.57. The molecular formula is C22H20N4O4. The lowest BCUT2D eigenvalue weighted by atomic mass is 10.1. The number of furan rings is 1. The van der Waals surface area contributed by atoms with E-state index in [-0.39, 0.29) is 11.3 Å². The van der Waals surface area contributed by atoms with Gasteiger partial charge >= 0.3 is 0 Å². The van der Waals surface area contributed by atoms with Crippen molar-refractivity contribution in [2.24, 2.45) is 5.10 Å². The highest BCUT2D eigenvalue weighted by Gasteiger charge is 2.16. The molecule has 1 N–H and O–H groups in total. The molecule has 8 nitrogen and oxygen atoms in total. The van der Waals surface area contributed by atoms with E-state index in [0.29, 0.717) is 40.1 Å². The van der Waals surface area contributed by atoms with Crippen molar-refractivity contribution in [1.82, 2.24) is 15.2 Å². The minimum atomic E-state index is -0.513. The van der Waals surface area contributed by atoms with Crippen LogP contribution >= 0.6 is 0 Å². The second-order valence-electron chi connectivity index (χ2n) is 6.64. The van der Waals surface area contributed by atoms with Crippen molar-refractivity contribution >= 4 is 33.4 Å². The van der Waals surface area contributed by atoms with Crippen LogP contribution < -0.4 is 15.7 Å². The van der Waals surface area contributed by atoms with E-state index in [9.17, 15) is 9.59 Å². The summed E-state index contributed by atoms with van der Waals surface area (Å²) in [6.07, 6.45) is 0. The molecule has 0 aliphatic carbocycles. The number of hydrogen-bond acceptors (Lipinski definition) is 6. The molecule has 0 radical (unpaired) electrons. The monoisotopic (exact) mass is 404 g/mol. The van der Waals surface area contributed by atoms with E-state index in [2.05, 4.69) is 15.6 Å². The molecule has 0 spiro atoms. The quantitative estimate of drug-likeness (QED) is 0.406. The summed E-state index contributed by atoms with van der Waals surface area (Å²) in [4.78, 5) is 25.2. The number of carbonyl (C=O) groups is 1. The van der Waals surface area contributed by atoms with E-state index in [4.69, 9.17) is 9.15 Å². The van der Waals surface area contributed by atoms with Gasteiger partial charge in [-0.1, -0.05) is 30.3 Å². The maximum absolute atomic E-state index is 12.8. The van der Waals surface area contributed by atoms with Gasteiger partial charge in [-0.15, -0.1) is 0 Å². The third-order valence-electron chi connectivity index (χ3n) is 4.79. The fraction of sp³-hybridized carbons (Fsp3) is 0.182. The van der Waals surface area contributed by atoms with Crippen molar-refractivity contribution in [2.45, 2.75) is 20.4 Å². The van der Waals surface area contributed by atoms with Gasteiger partial charge in [0.05, 0.1) is 12.5 Å². The fourth-order valence-corrected chi connectivity index (χ4v) is 3.24. The number of nitrogens with one attached hydrogen (secondary N) is 1. The fourth-order valence-electron chi connectivity index (χ4n) is 3.24. The third-order valence-corrected chi connectivity index (χ3v) is 4.79. The van der Waals surface area contributed by atoms with Gasteiger partial charge in [-0.05, 0) is 32.0 Å². The van der Waals surface area contributed by atoms with Gasteiger partial charge in [0.1, 0.15) is 5.71 Å². The molecule has 4 rings (SSSR count). The zero-order valence-corrected chi connectivity index (χ0v) is 16.8. The van der Waals surface area contributed by atoms with Gasteiger partial charge in [-0.25, -0.2) is 10.1 Å². The van der Waals surface area contributed by atoms with Gasteiger partial charge in [0.25, 0.3) is 11.5 Å².